The molecule has 26 heavy (non-hydrogen) atoms. The molecule has 0 bridgehead atoms. The van der Waals surface area contributed by atoms with Gasteiger partial charge in [-0.2, -0.15) is 26.3 Å². The largest absolute Gasteiger partial charge is 0.457 e. The number of fused-ring (bicyclic) bond motifs is 1. The number of hydrogen-bond acceptors (Lipinski definition) is 1. The molecule has 136 valence electrons. The Balaban J connectivity index is 2.12. The summed E-state index contributed by atoms with van der Waals surface area (Å²) in [5, 5.41) is 1.49. The minimum Gasteiger partial charge on any atom is -0.457 e. The minimum absolute atomic E-state index is 0.0484. The maximum Gasteiger partial charge on any atom is 0.416 e. The summed E-state index contributed by atoms with van der Waals surface area (Å²) in [6.45, 7) is 0. The van der Waals surface area contributed by atoms with E-state index < -0.39 is 29.2 Å². The molecule has 3 rings (SSSR count). The lowest BCUT2D eigenvalue weighted by atomic mass is 10.1. The predicted molar refractivity (Wildman–Crippen MR) is 85.5 cm³/mol. The van der Waals surface area contributed by atoms with E-state index in [0.29, 0.717) is 27.9 Å². The molecule has 0 fully saturated rings. The Morgan fingerprint density at radius 1 is 0.731 bits per heavy atom. The number of alkyl halides is 6. The van der Waals surface area contributed by atoms with E-state index in [1.165, 1.54) is 12.1 Å². The van der Waals surface area contributed by atoms with E-state index in [4.69, 9.17) is 16.3 Å². The Morgan fingerprint density at radius 3 is 1.92 bits per heavy atom. The lowest BCUT2D eigenvalue weighted by Gasteiger charge is -2.15. The topological polar surface area (TPSA) is 9.23 Å². The quantitative estimate of drug-likeness (QED) is 0.416. The smallest absolute Gasteiger partial charge is 0.416 e. The van der Waals surface area contributed by atoms with Crippen LogP contribution in [0.3, 0.4) is 0 Å². The van der Waals surface area contributed by atoms with Gasteiger partial charge in [0.2, 0.25) is 0 Å². The molecule has 0 saturated heterocycles. The average Bonchev–Trinajstić information content (AvgIpc) is 2.53. The number of halogens is 7. The van der Waals surface area contributed by atoms with Gasteiger partial charge < -0.3 is 4.74 Å². The second-order valence-corrected chi connectivity index (χ2v) is 5.90. The highest BCUT2D eigenvalue weighted by Gasteiger charge is 2.37. The summed E-state index contributed by atoms with van der Waals surface area (Å²) in [5.74, 6) is -0.475. The van der Waals surface area contributed by atoms with Crippen molar-refractivity contribution in [3.05, 3.63) is 70.7 Å². The van der Waals surface area contributed by atoms with Crippen molar-refractivity contribution >= 4 is 22.4 Å². The molecular weight excluding hydrogens is 382 g/mol. The van der Waals surface area contributed by atoms with Crippen LogP contribution in [0.25, 0.3) is 10.8 Å². The van der Waals surface area contributed by atoms with Crippen LogP contribution in [0.15, 0.2) is 54.6 Å². The Bertz CT molecular complexity index is 930. The highest BCUT2D eigenvalue weighted by Crippen LogP contribution is 2.40. The second kappa shape index (κ2) is 6.39. The highest BCUT2D eigenvalue weighted by molar-refractivity contribution is 6.31. The van der Waals surface area contributed by atoms with E-state index >= 15 is 0 Å². The van der Waals surface area contributed by atoms with Crippen molar-refractivity contribution in [3.63, 3.8) is 0 Å². The van der Waals surface area contributed by atoms with Crippen molar-refractivity contribution < 1.29 is 31.1 Å². The van der Waals surface area contributed by atoms with E-state index in [0.717, 1.165) is 0 Å². The van der Waals surface area contributed by atoms with Gasteiger partial charge in [-0.05, 0) is 41.8 Å². The van der Waals surface area contributed by atoms with Gasteiger partial charge in [-0.1, -0.05) is 29.8 Å². The summed E-state index contributed by atoms with van der Waals surface area (Å²) in [4.78, 5) is 0. The van der Waals surface area contributed by atoms with Crippen LogP contribution in [0.4, 0.5) is 26.3 Å². The van der Waals surface area contributed by atoms with E-state index in [1.807, 2.05) is 0 Å². The third kappa shape index (κ3) is 3.88. The second-order valence-electron chi connectivity index (χ2n) is 5.47. The molecule has 0 atom stereocenters. The molecule has 0 amide bonds. The molecule has 0 heterocycles. The molecule has 0 radical (unpaired) electrons. The van der Waals surface area contributed by atoms with E-state index in [2.05, 4.69) is 0 Å². The van der Waals surface area contributed by atoms with E-state index in [9.17, 15) is 26.3 Å². The van der Waals surface area contributed by atoms with E-state index in [-0.39, 0.29) is 11.8 Å². The number of hydrogen-bond donors (Lipinski definition) is 0. The molecule has 0 aromatic heterocycles. The lowest BCUT2D eigenvalue weighted by Crippen LogP contribution is -2.11. The fourth-order valence-electron chi connectivity index (χ4n) is 2.42. The predicted octanol–water partition coefficient (Wildman–Crippen LogP) is 7.32. The summed E-state index contributed by atoms with van der Waals surface area (Å²) in [7, 11) is 0. The Labute approximate surface area is 148 Å². The van der Waals surface area contributed by atoms with Gasteiger partial charge in [-0.3, -0.25) is 0 Å². The van der Waals surface area contributed by atoms with Crippen LogP contribution in [0.2, 0.25) is 5.02 Å². The highest BCUT2D eigenvalue weighted by atomic mass is 35.5. The standard InChI is InChI=1S/C18H9ClF6O/c19-13-5-4-10-2-1-3-16(15(10)9-13)26-14-7-11(17(20,21)22)6-12(8-14)18(23,24)25/h1-9H. The molecule has 0 N–H and O–H groups in total. The Morgan fingerprint density at radius 2 is 1.35 bits per heavy atom. The van der Waals surface area contributed by atoms with Crippen LogP contribution in [0.1, 0.15) is 11.1 Å². The van der Waals surface area contributed by atoms with Crippen molar-refractivity contribution in [2.75, 3.05) is 0 Å². The molecule has 0 unspecified atom stereocenters. The van der Waals surface area contributed by atoms with Gasteiger partial charge in [-0.15, -0.1) is 0 Å². The van der Waals surface area contributed by atoms with Crippen molar-refractivity contribution in [3.8, 4) is 11.5 Å². The molecule has 3 aromatic carbocycles. The number of ether oxygens (including phenoxy) is 1. The van der Waals surface area contributed by atoms with Crippen LogP contribution in [-0.4, -0.2) is 0 Å². The van der Waals surface area contributed by atoms with Gasteiger partial charge in [-0.25, -0.2) is 0 Å². The zero-order valence-corrected chi connectivity index (χ0v) is 13.5. The summed E-state index contributed by atoms with van der Waals surface area (Å²) in [6, 6.07) is 10.6. The number of benzene rings is 3. The maximum absolute atomic E-state index is 12.9. The van der Waals surface area contributed by atoms with Crippen LogP contribution in [0, 0.1) is 0 Å². The van der Waals surface area contributed by atoms with Gasteiger partial charge in [0.1, 0.15) is 11.5 Å². The van der Waals surface area contributed by atoms with Crippen LogP contribution in [0.5, 0.6) is 11.5 Å². The average molecular weight is 391 g/mol. The first-order chi connectivity index (χ1) is 12.0. The van der Waals surface area contributed by atoms with Crippen molar-refractivity contribution in [2.45, 2.75) is 12.4 Å². The van der Waals surface area contributed by atoms with Crippen molar-refractivity contribution in [1.82, 2.24) is 0 Å². The summed E-state index contributed by atoms with van der Waals surface area (Å²) in [6.07, 6.45) is -9.89. The SMILES string of the molecule is FC(F)(F)c1cc(Oc2cccc3ccc(Cl)cc23)cc(C(F)(F)F)c1. The fraction of sp³-hybridized carbons (Fsp3) is 0.111. The summed E-state index contributed by atoms with van der Waals surface area (Å²) in [5.41, 5.74) is -2.89. The molecule has 0 spiro atoms. The molecular formula is C18H9ClF6O. The summed E-state index contributed by atoms with van der Waals surface area (Å²) >= 11 is 5.91. The van der Waals surface area contributed by atoms with Crippen molar-refractivity contribution in [1.29, 1.82) is 0 Å². The van der Waals surface area contributed by atoms with Gasteiger partial charge >= 0.3 is 12.4 Å². The van der Waals surface area contributed by atoms with Gasteiger partial charge in [0, 0.05) is 10.4 Å². The van der Waals surface area contributed by atoms with Gasteiger partial charge in [0.25, 0.3) is 0 Å². The first-order valence-corrected chi connectivity index (χ1v) is 7.57. The first-order valence-electron chi connectivity index (χ1n) is 7.20. The van der Waals surface area contributed by atoms with Gasteiger partial charge in [0.15, 0.2) is 0 Å². The van der Waals surface area contributed by atoms with Crippen LogP contribution in [-0.2, 0) is 12.4 Å². The monoisotopic (exact) mass is 390 g/mol. The normalized spacial score (nSPS) is 12.4. The van der Waals surface area contributed by atoms with Crippen molar-refractivity contribution in [2.24, 2.45) is 0 Å². The molecule has 0 saturated carbocycles. The fourth-order valence-corrected chi connectivity index (χ4v) is 2.59. The van der Waals surface area contributed by atoms with Crippen LogP contribution >= 0.6 is 11.6 Å². The zero-order chi connectivity index (χ0) is 19.1. The summed E-state index contributed by atoms with van der Waals surface area (Å²) < 4.78 is 83.0. The lowest BCUT2D eigenvalue weighted by molar-refractivity contribution is -0.143. The molecule has 0 aliphatic heterocycles. The van der Waals surface area contributed by atoms with Crippen LogP contribution < -0.4 is 4.74 Å². The third-order valence-electron chi connectivity index (χ3n) is 3.59. The van der Waals surface area contributed by atoms with E-state index in [1.54, 1.807) is 24.3 Å². The molecule has 1 nitrogen and oxygen atoms in total. The molecule has 3 aromatic rings. The third-order valence-corrected chi connectivity index (χ3v) is 3.83. The minimum atomic E-state index is -4.94. The Hall–Kier alpha value is -2.41. The molecule has 8 heteroatoms. The zero-order valence-electron chi connectivity index (χ0n) is 12.8. The number of rotatable bonds is 2. The maximum atomic E-state index is 12.9. The first kappa shape index (κ1) is 18.4. The van der Waals surface area contributed by atoms with Gasteiger partial charge in [0.05, 0.1) is 11.1 Å². The molecule has 0 aliphatic carbocycles. The Kier molecular flexibility index (Phi) is 4.52. The molecule has 0 aliphatic rings.